The number of nitrogens with one attached hydrogen (secondary N) is 1. The van der Waals surface area contributed by atoms with Crippen LogP contribution in [0.3, 0.4) is 0 Å². The molecule has 0 aliphatic carbocycles. The fourth-order valence-electron chi connectivity index (χ4n) is 0.915. The van der Waals surface area contributed by atoms with Crippen LogP contribution in [0.4, 0.5) is 0 Å². The highest BCUT2D eigenvalue weighted by Crippen LogP contribution is 2.02. The largest absolute Gasteiger partial charge is 0.352 e. The standard InChI is InChI=1S/C10H13NO/c1-3-11-10(12)9-6-4-5-8(2)7-9/h4-7H,3H2,1-2H3,(H,11,12)/i1D3,3D2. The molecule has 2 nitrogen and oxygen atoms in total. The van der Waals surface area contributed by atoms with Crippen molar-refractivity contribution < 1.29 is 11.6 Å². The van der Waals surface area contributed by atoms with Crippen LogP contribution in [0.5, 0.6) is 0 Å². The summed E-state index contributed by atoms with van der Waals surface area (Å²) < 4.78 is 35.5. The van der Waals surface area contributed by atoms with Gasteiger partial charge in [-0.2, -0.15) is 0 Å². The molecule has 1 amide bonds. The summed E-state index contributed by atoms with van der Waals surface area (Å²) in [5.41, 5.74) is 1.07. The zero-order valence-corrected chi connectivity index (χ0v) is 6.72. The van der Waals surface area contributed by atoms with Crippen molar-refractivity contribution in [2.45, 2.75) is 13.8 Å². The molecule has 1 rings (SSSR count). The highest BCUT2D eigenvalue weighted by molar-refractivity contribution is 5.94. The van der Waals surface area contributed by atoms with Gasteiger partial charge in [-0.25, -0.2) is 0 Å². The molecule has 2 heteroatoms. The van der Waals surface area contributed by atoms with E-state index in [2.05, 4.69) is 0 Å². The number of carbonyl (C=O) groups excluding carboxylic acids is 1. The summed E-state index contributed by atoms with van der Waals surface area (Å²) >= 11 is 0. The number of benzene rings is 1. The Morgan fingerprint density at radius 1 is 1.75 bits per heavy atom. The lowest BCUT2D eigenvalue weighted by atomic mass is 10.1. The molecule has 1 N–H and O–H groups in total. The average Bonchev–Trinajstić information content (AvgIpc) is 2.15. The van der Waals surface area contributed by atoms with Crippen LogP contribution in [-0.2, 0) is 0 Å². The molecule has 0 bridgehead atoms. The van der Waals surface area contributed by atoms with Gasteiger partial charge < -0.3 is 5.32 Å². The second-order valence-corrected chi connectivity index (χ2v) is 2.45. The van der Waals surface area contributed by atoms with Gasteiger partial charge in [0.2, 0.25) is 0 Å². The topological polar surface area (TPSA) is 29.1 Å². The molecule has 0 unspecified atom stereocenters. The highest BCUT2D eigenvalue weighted by Gasteiger charge is 2.01. The average molecular weight is 168 g/mol. The van der Waals surface area contributed by atoms with E-state index in [1.807, 2.05) is 5.32 Å². The lowest BCUT2D eigenvalue weighted by molar-refractivity contribution is 0.0956. The Kier molecular flexibility index (Phi) is 1.33. The normalized spacial score (nSPS) is 17.9. The third-order valence-corrected chi connectivity index (χ3v) is 1.46. The molecule has 0 saturated heterocycles. The van der Waals surface area contributed by atoms with Gasteiger partial charge >= 0.3 is 0 Å². The molecule has 12 heavy (non-hydrogen) atoms. The van der Waals surface area contributed by atoms with Crippen molar-refractivity contribution in [3.05, 3.63) is 35.4 Å². The number of aryl methyl sites for hydroxylation is 1. The Balaban J connectivity index is 2.87. The SMILES string of the molecule is [2H]C([2H])([2H])C([2H])([2H])NC(=O)c1cccc(C)c1. The molecule has 0 spiro atoms. The maximum Gasteiger partial charge on any atom is 0.251 e. The molecule has 0 radical (unpaired) electrons. The van der Waals surface area contributed by atoms with Crippen LogP contribution in [0.2, 0.25) is 0 Å². The highest BCUT2D eigenvalue weighted by atomic mass is 16.1. The number of hydrogen-bond acceptors (Lipinski definition) is 1. The Hall–Kier alpha value is -1.31. The first-order chi connectivity index (χ1) is 7.63. The van der Waals surface area contributed by atoms with Gasteiger partial charge in [0.1, 0.15) is 0 Å². The summed E-state index contributed by atoms with van der Waals surface area (Å²) in [7, 11) is 0. The van der Waals surface area contributed by atoms with Crippen LogP contribution >= 0.6 is 0 Å². The molecule has 0 fully saturated rings. The van der Waals surface area contributed by atoms with Gasteiger partial charge in [0, 0.05) is 18.9 Å². The van der Waals surface area contributed by atoms with Crippen molar-refractivity contribution in [1.29, 1.82) is 0 Å². The lowest BCUT2D eigenvalue weighted by Crippen LogP contribution is -2.22. The number of amides is 1. The van der Waals surface area contributed by atoms with Gasteiger partial charge in [-0.3, -0.25) is 4.79 Å². The zero-order chi connectivity index (χ0) is 13.3. The van der Waals surface area contributed by atoms with E-state index in [1.165, 1.54) is 6.07 Å². The van der Waals surface area contributed by atoms with Crippen LogP contribution in [0.25, 0.3) is 0 Å². The number of rotatable bonds is 2. The minimum Gasteiger partial charge on any atom is -0.352 e. The van der Waals surface area contributed by atoms with Gasteiger partial charge in [0.15, 0.2) is 0 Å². The molecule has 0 aliphatic heterocycles. The summed E-state index contributed by atoms with van der Waals surface area (Å²) in [5, 5.41) is 1.87. The zero-order valence-electron chi connectivity index (χ0n) is 11.7. The molecule has 0 atom stereocenters. The molecule has 1 aromatic rings. The maximum absolute atomic E-state index is 11.7. The molecule has 0 saturated carbocycles. The maximum atomic E-state index is 11.7. The molecule has 64 valence electrons. The van der Waals surface area contributed by atoms with Crippen molar-refractivity contribution in [1.82, 2.24) is 5.32 Å². The Bertz CT molecular complexity index is 427. The summed E-state index contributed by atoms with van der Waals surface area (Å²) in [5.74, 6) is -0.741. The van der Waals surface area contributed by atoms with Gasteiger partial charge in [0.25, 0.3) is 5.91 Å². The smallest absolute Gasteiger partial charge is 0.251 e. The fourth-order valence-corrected chi connectivity index (χ4v) is 0.915. The third-order valence-electron chi connectivity index (χ3n) is 1.46. The minimum absolute atomic E-state index is 0.234. The first kappa shape index (κ1) is 4.08. The van der Waals surface area contributed by atoms with Crippen LogP contribution in [0.15, 0.2) is 24.3 Å². The minimum atomic E-state index is -2.90. The van der Waals surface area contributed by atoms with Crippen LogP contribution in [0.1, 0.15) is 29.6 Å². The van der Waals surface area contributed by atoms with Gasteiger partial charge in [0.05, 0.1) is 0 Å². The number of hydrogen-bond donors (Lipinski definition) is 1. The van der Waals surface area contributed by atoms with Gasteiger partial charge in [-0.15, -0.1) is 0 Å². The first-order valence-corrected chi connectivity index (χ1v) is 3.53. The predicted octanol–water partition coefficient (Wildman–Crippen LogP) is 1.74. The van der Waals surface area contributed by atoms with Crippen molar-refractivity contribution in [2.75, 3.05) is 6.50 Å². The van der Waals surface area contributed by atoms with E-state index in [4.69, 9.17) is 6.85 Å². The van der Waals surface area contributed by atoms with E-state index in [0.29, 0.717) is 0 Å². The van der Waals surface area contributed by atoms with Gasteiger partial charge in [-0.1, -0.05) is 17.7 Å². The lowest BCUT2D eigenvalue weighted by Gasteiger charge is -2.01. The molecule has 0 heterocycles. The molecule has 0 aliphatic rings. The van der Waals surface area contributed by atoms with Crippen molar-refractivity contribution in [3.63, 3.8) is 0 Å². The molecule has 1 aromatic carbocycles. The molecular formula is C10H13NO. The molecular weight excluding hydrogens is 150 g/mol. The summed E-state index contributed by atoms with van der Waals surface area (Å²) in [6.07, 6.45) is 0. The van der Waals surface area contributed by atoms with Crippen molar-refractivity contribution >= 4 is 5.91 Å². The van der Waals surface area contributed by atoms with Crippen LogP contribution in [0, 0.1) is 6.92 Å². The second kappa shape index (κ2) is 3.90. The quantitative estimate of drug-likeness (QED) is 0.716. The second-order valence-electron chi connectivity index (χ2n) is 2.45. The first-order valence-electron chi connectivity index (χ1n) is 6.03. The van der Waals surface area contributed by atoms with Crippen molar-refractivity contribution in [3.8, 4) is 0 Å². The van der Waals surface area contributed by atoms with E-state index in [0.717, 1.165) is 5.56 Å². The van der Waals surface area contributed by atoms with E-state index in [-0.39, 0.29) is 5.56 Å². The Morgan fingerprint density at radius 2 is 2.58 bits per heavy atom. The van der Waals surface area contributed by atoms with E-state index >= 15 is 0 Å². The third kappa shape index (κ3) is 2.09. The van der Waals surface area contributed by atoms with Crippen molar-refractivity contribution in [2.24, 2.45) is 0 Å². The van der Waals surface area contributed by atoms with E-state index < -0.39 is 19.3 Å². The van der Waals surface area contributed by atoms with E-state index in [9.17, 15) is 4.79 Å². The van der Waals surface area contributed by atoms with Gasteiger partial charge in [-0.05, 0) is 25.9 Å². The predicted molar refractivity (Wildman–Crippen MR) is 49.2 cm³/mol. The van der Waals surface area contributed by atoms with Crippen LogP contribution < -0.4 is 5.32 Å². The summed E-state index contributed by atoms with van der Waals surface area (Å²) in [4.78, 5) is 11.7. The Labute approximate surface area is 79.6 Å². The fraction of sp³-hybridized carbons (Fsp3) is 0.300. The summed E-state index contributed by atoms with van der Waals surface area (Å²) in [6, 6.07) is 6.49. The Morgan fingerprint density at radius 3 is 3.25 bits per heavy atom. The monoisotopic (exact) mass is 168 g/mol. The number of carbonyl (C=O) groups is 1. The van der Waals surface area contributed by atoms with Crippen LogP contribution in [-0.4, -0.2) is 12.4 Å². The summed E-state index contributed by atoms with van der Waals surface area (Å²) in [6.45, 7) is -3.85. The van der Waals surface area contributed by atoms with E-state index in [1.54, 1.807) is 25.1 Å². The molecule has 0 aromatic heterocycles.